The smallest absolute Gasteiger partial charge is 0.141 e. The van der Waals surface area contributed by atoms with Crippen molar-refractivity contribution < 1.29 is 4.74 Å². The van der Waals surface area contributed by atoms with E-state index in [1.165, 1.54) is 0 Å². The predicted molar refractivity (Wildman–Crippen MR) is 139 cm³/mol. The molecule has 0 saturated carbocycles. The average molecular weight is 559 g/mol. The maximum absolute atomic E-state index is 6.49. The lowest BCUT2D eigenvalue weighted by atomic mass is 10.1. The van der Waals surface area contributed by atoms with Crippen LogP contribution in [0.5, 0.6) is 0 Å². The molecule has 1 aliphatic heterocycles. The summed E-state index contributed by atoms with van der Waals surface area (Å²) in [6.07, 6.45) is 2.56. The summed E-state index contributed by atoms with van der Waals surface area (Å²) in [5.74, 6) is 1.38. The minimum atomic E-state index is 0.530. The molecular formula is C25H22BrCl2N5O. The van der Waals surface area contributed by atoms with Crippen LogP contribution in [0.2, 0.25) is 10.0 Å². The van der Waals surface area contributed by atoms with E-state index in [-0.39, 0.29) is 0 Å². The number of ether oxygens (including phenoxy) is 1. The van der Waals surface area contributed by atoms with E-state index in [9.17, 15) is 0 Å². The van der Waals surface area contributed by atoms with Gasteiger partial charge in [0.2, 0.25) is 0 Å². The summed E-state index contributed by atoms with van der Waals surface area (Å²) in [5, 5.41) is 1.06. The Balaban J connectivity index is 1.54. The molecule has 34 heavy (non-hydrogen) atoms. The monoisotopic (exact) mass is 557 g/mol. The lowest BCUT2D eigenvalue weighted by Gasteiger charge is -2.26. The Kier molecular flexibility index (Phi) is 7.27. The Morgan fingerprint density at radius 2 is 1.76 bits per heavy atom. The molecule has 1 aliphatic rings. The molecule has 2 aromatic carbocycles. The van der Waals surface area contributed by atoms with Crippen molar-refractivity contribution in [3.63, 3.8) is 0 Å². The maximum atomic E-state index is 6.49. The molecule has 5 rings (SSSR count). The quantitative estimate of drug-likeness (QED) is 0.307. The molecule has 1 N–H and O–H groups in total. The Morgan fingerprint density at radius 3 is 2.53 bits per heavy atom. The number of aromatic nitrogens is 4. The molecule has 0 amide bonds. The number of nitrogens with one attached hydrogen (secondary N) is 1. The van der Waals surface area contributed by atoms with E-state index in [0.29, 0.717) is 21.4 Å². The third kappa shape index (κ3) is 5.19. The summed E-state index contributed by atoms with van der Waals surface area (Å²) in [6.45, 7) is 4.33. The number of H-pyrrole nitrogens is 1. The standard InChI is InChI=1S/C25H22BrCl2N5O/c26-17-4-1-3-16(15-17)23-24(32-25(31-23)22-18(27)5-2-6-19(22)28)20-7-9-29-21(30-20)8-10-33-11-13-34-14-12-33/h1-7,9,15H,8,10-14H2,(H,31,32). The fourth-order valence-corrected chi connectivity index (χ4v) is 4.96. The van der Waals surface area contributed by atoms with E-state index in [0.717, 1.165) is 72.2 Å². The van der Waals surface area contributed by atoms with Gasteiger partial charge in [-0.05, 0) is 30.3 Å². The Hall–Kier alpha value is -2.29. The fourth-order valence-electron chi connectivity index (χ4n) is 3.99. The van der Waals surface area contributed by atoms with Crippen molar-refractivity contribution in [2.24, 2.45) is 0 Å². The van der Waals surface area contributed by atoms with Crippen LogP contribution in [0.3, 0.4) is 0 Å². The number of benzene rings is 2. The minimum absolute atomic E-state index is 0.530. The first kappa shape index (κ1) is 23.5. The minimum Gasteiger partial charge on any atom is -0.379 e. The number of hydrogen-bond acceptors (Lipinski definition) is 5. The highest BCUT2D eigenvalue weighted by molar-refractivity contribution is 9.10. The van der Waals surface area contributed by atoms with Crippen LogP contribution in [-0.4, -0.2) is 57.7 Å². The van der Waals surface area contributed by atoms with Crippen LogP contribution in [0.25, 0.3) is 34.0 Å². The van der Waals surface area contributed by atoms with Crippen LogP contribution in [0, 0.1) is 0 Å². The second-order valence-electron chi connectivity index (χ2n) is 7.98. The van der Waals surface area contributed by atoms with Crippen molar-refractivity contribution in [1.82, 2.24) is 24.8 Å². The molecule has 0 aliphatic carbocycles. The SMILES string of the molecule is Clc1cccc(Cl)c1-c1nc(-c2cccc(Br)c2)c(-c2ccnc(CCN3CCOCC3)n2)[nH]1. The van der Waals surface area contributed by atoms with Crippen molar-refractivity contribution in [2.45, 2.75) is 6.42 Å². The van der Waals surface area contributed by atoms with E-state index < -0.39 is 0 Å². The van der Waals surface area contributed by atoms with Gasteiger partial charge in [-0.2, -0.15) is 0 Å². The van der Waals surface area contributed by atoms with Gasteiger partial charge >= 0.3 is 0 Å². The van der Waals surface area contributed by atoms with Gasteiger partial charge < -0.3 is 9.72 Å². The van der Waals surface area contributed by atoms with Crippen LogP contribution in [0.4, 0.5) is 0 Å². The fraction of sp³-hybridized carbons (Fsp3) is 0.240. The van der Waals surface area contributed by atoms with Gasteiger partial charge in [-0.1, -0.05) is 57.3 Å². The van der Waals surface area contributed by atoms with E-state index in [1.807, 2.05) is 36.4 Å². The van der Waals surface area contributed by atoms with E-state index in [2.05, 4.69) is 30.8 Å². The van der Waals surface area contributed by atoms with Crippen LogP contribution >= 0.6 is 39.1 Å². The first-order chi connectivity index (χ1) is 16.6. The molecule has 0 radical (unpaired) electrons. The molecule has 1 fully saturated rings. The highest BCUT2D eigenvalue weighted by atomic mass is 79.9. The number of rotatable bonds is 6. The highest BCUT2D eigenvalue weighted by Crippen LogP contribution is 2.38. The molecule has 174 valence electrons. The summed E-state index contributed by atoms with van der Waals surface area (Å²) in [5.41, 5.74) is 3.94. The number of imidazole rings is 1. The van der Waals surface area contributed by atoms with Gasteiger partial charge in [0.05, 0.1) is 45.9 Å². The van der Waals surface area contributed by atoms with Crippen LogP contribution < -0.4 is 0 Å². The Labute approximate surface area is 216 Å². The summed E-state index contributed by atoms with van der Waals surface area (Å²) in [6, 6.07) is 15.3. The van der Waals surface area contributed by atoms with Crippen LogP contribution in [0.1, 0.15) is 5.82 Å². The molecule has 0 bridgehead atoms. The van der Waals surface area contributed by atoms with Gasteiger partial charge in [0.25, 0.3) is 0 Å². The zero-order chi connectivity index (χ0) is 23.5. The van der Waals surface area contributed by atoms with Crippen LogP contribution in [-0.2, 0) is 11.2 Å². The first-order valence-electron chi connectivity index (χ1n) is 11.0. The van der Waals surface area contributed by atoms with E-state index in [1.54, 1.807) is 18.3 Å². The van der Waals surface area contributed by atoms with Gasteiger partial charge in [-0.15, -0.1) is 0 Å². The molecule has 1 saturated heterocycles. The van der Waals surface area contributed by atoms with Crippen LogP contribution in [0.15, 0.2) is 59.2 Å². The molecule has 2 aromatic heterocycles. The number of halogens is 3. The van der Waals surface area contributed by atoms with E-state index in [4.69, 9.17) is 37.9 Å². The van der Waals surface area contributed by atoms with Gasteiger partial charge in [0.1, 0.15) is 11.6 Å². The number of nitrogens with zero attached hydrogens (tertiary/aromatic N) is 4. The number of morpholine rings is 1. The zero-order valence-electron chi connectivity index (χ0n) is 18.3. The van der Waals surface area contributed by atoms with E-state index >= 15 is 0 Å². The summed E-state index contributed by atoms with van der Waals surface area (Å²) in [7, 11) is 0. The molecular weight excluding hydrogens is 537 g/mol. The molecule has 9 heteroatoms. The molecule has 4 aromatic rings. The average Bonchev–Trinajstić information content (AvgIpc) is 3.29. The third-order valence-electron chi connectivity index (χ3n) is 5.72. The van der Waals surface area contributed by atoms with Crippen molar-refractivity contribution >= 4 is 39.1 Å². The second kappa shape index (κ2) is 10.5. The van der Waals surface area contributed by atoms with Gasteiger partial charge in [0.15, 0.2) is 0 Å². The number of hydrogen-bond donors (Lipinski definition) is 1. The summed E-state index contributed by atoms with van der Waals surface area (Å²) < 4.78 is 6.40. The summed E-state index contributed by atoms with van der Waals surface area (Å²) in [4.78, 5) is 20.1. The first-order valence-corrected chi connectivity index (χ1v) is 12.6. The largest absolute Gasteiger partial charge is 0.379 e. The Bertz CT molecular complexity index is 1290. The normalized spacial score (nSPS) is 14.4. The zero-order valence-corrected chi connectivity index (χ0v) is 21.4. The summed E-state index contributed by atoms with van der Waals surface area (Å²) >= 11 is 16.5. The molecule has 0 atom stereocenters. The third-order valence-corrected chi connectivity index (χ3v) is 6.84. The lowest BCUT2D eigenvalue weighted by molar-refractivity contribution is 0.0382. The number of aromatic amines is 1. The topological polar surface area (TPSA) is 66.9 Å². The van der Waals surface area contributed by atoms with Crippen molar-refractivity contribution in [3.05, 3.63) is 75.1 Å². The van der Waals surface area contributed by atoms with Crippen molar-refractivity contribution in [2.75, 3.05) is 32.8 Å². The molecule has 0 spiro atoms. The van der Waals surface area contributed by atoms with Gasteiger partial charge in [-0.3, -0.25) is 4.90 Å². The maximum Gasteiger partial charge on any atom is 0.141 e. The van der Waals surface area contributed by atoms with Gasteiger partial charge in [-0.25, -0.2) is 15.0 Å². The molecule has 0 unspecified atom stereocenters. The molecule has 6 nitrogen and oxygen atoms in total. The lowest BCUT2D eigenvalue weighted by Crippen LogP contribution is -2.37. The highest BCUT2D eigenvalue weighted by Gasteiger charge is 2.20. The van der Waals surface area contributed by atoms with Crippen molar-refractivity contribution in [1.29, 1.82) is 0 Å². The van der Waals surface area contributed by atoms with Gasteiger partial charge in [0, 0.05) is 42.3 Å². The van der Waals surface area contributed by atoms with Crippen molar-refractivity contribution in [3.8, 4) is 34.0 Å². The second-order valence-corrected chi connectivity index (χ2v) is 9.71. The molecule has 3 heterocycles. The Morgan fingerprint density at radius 1 is 1.00 bits per heavy atom. The predicted octanol–water partition coefficient (Wildman–Crippen LogP) is 6.14.